The molecule has 0 aromatic carbocycles. The fraction of sp³-hybridized carbons (Fsp3) is 1.00. The van der Waals surface area contributed by atoms with Crippen molar-refractivity contribution in [3.8, 4) is 0 Å². The van der Waals surface area contributed by atoms with E-state index in [9.17, 15) is 0 Å². The van der Waals surface area contributed by atoms with Crippen molar-refractivity contribution in [1.82, 2.24) is 4.90 Å². The van der Waals surface area contributed by atoms with Crippen LogP contribution in [-0.2, 0) is 0 Å². The van der Waals surface area contributed by atoms with Crippen LogP contribution in [0.15, 0.2) is 0 Å². The van der Waals surface area contributed by atoms with Crippen LogP contribution in [0.4, 0.5) is 0 Å². The minimum Gasteiger partial charge on any atom is -0.328 e. The van der Waals surface area contributed by atoms with Crippen LogP contribution in [0.2, 0.25) is 0 Å². The summed E-state index contributed by atoms with van der Waals surface area (Å²) in [6.45, 7) is 9.47. The van der Waals surface area contributed by atoms with Crippen molar-refractivity contribution in [3.05, 3.63) is 0 Å². The van der Waals surface area contributed by atoms with Gasteiger partial charge < -0.3 is 5.73 Å². The lowest BCUT2D eigenvalue weighted by Crippen LogP contribution is -2.67. The highest BCUT2D eigenvalue weighted by molar-refractivity contribution is 5.05. The molecule has 2 N–H and O–H groups in total. The second-order valence-corrected chi connectivity index (χ2v) is 6.75. The molecule has 1 saturated carbocycles. The molecule has 2 fully saturated rings. The first-order chi connectivity index (χ1) is 6.83. The van der Waals surface area contributed by atoms with Gasteiger partial charge in [0.2, 0.25) is 0 Å². The van der Waals surface area contributed by atoms with E-state index >= 15 is 0 Å². The zero-order chi connectivity index (χ0) is 11.3. The fourth-order valence-corrected chi connectivity index (χ4v) is 4.00. The number of rotatable bonds is 1. The quantitative estimate of drug-likeness (QED) is 0.720. The standard InChI is InChI=1S/C13H26N2/c1-12(2)8-10(14)9-13(3,4)15(12)11-6-5-7-11/h10-11H,5-9,14H2,1-4H3. The van der Waals surface area contributed by atoms with Crippen LogP contribution >= 0.6 is 0 Å². The van der Waals surface area contributed by atoms with Crippen molar-refractivity contribution in [3.63, 3.8) is 0 Å². The van der Waals surface area contributed by atoms with Gasteiger partial charge in [0, 0.05) is 23.2 Å². The molecule has 15 heavy (non-hydrogen) atoms. The van der Waals surface area contributed by atoms with E-state index in [2.05, 4.69) is 32.6 Å². The van der Waals surface area contributed by atoms with Crippen molar-refractivity contribution < 1.29 is 0 Å². The van der Waals surface area contributed by atoms with Crippen LogP contribution in [0.1, 0.15) is 59.8 Å². The Morgan fingerprint density at radius 3 is 1.80 bits per heavy atom. The molecule has 1 heterocycles. The van der Waals surface area contributed by atoms with E-state index in [1.165, 1.54) is 19.3 Å². The molecular weight excluding hydrogens is 184 g/mol. The molecule has 0 bridgehead atoms. The normalized spacial score (nSPS) is 32.6. The van der Waals surface area contributed by atoms with Gasteiger partial charge in [0.15, 0.2) is 0 Å². The summed E-state index contributed by atoms with van der Waals surface area (Å²) < 4.78 is 0. The molecule has 0 spiro atoms. The first-order valence-corrected chi connectivity index (χ1v) is 6.38. The highest BCUT2D eigenvalue weighted by atomic mass is 15.3. The summed E-state index contributed by atoms with van der Waals surface area (Å²) in [7, 11) is 0. The molecule has 1 aliphatic carbocycles. The van der Waals surface area contributed by atoms with Crippen LogP contribution in [0.3, 0.4) is 0 Å². The predicted molar refractivity (Wildman–Crippen MR) is 64.8 cm³/mol. The second kappa shape index (κ2) is 3.46. The van der Waals surface area contributed by atoms with Gasteiger partial charge in [-0.3, -0.25) is 4.90 Å². The average molecular weight is 210 g/mol. The molecule has 0 aromatic rings. The van der Waals surface area contributed by atoms with Gasteiger partial charge in [-0.2, -0.15) is 0 Å². The van der Waals surface area contributed by atoms with Gasteiger partial charge in [-0.15, -0.1) is 0 Å². The van der Waals surface area contributed by atoms with Crippen LogP contribution in [0, 0.1) is 0 Å². The van der Waals surface area contributed by atoms with E-state index in [-0.39, 0.29) is 11.1 Å². The maximum atomic E-state index is 6.18. The Bertz CT molecular complexity index is 223. The van der Waals surface area contributed by atoms with Gasteiger partial charge in [-0.05, 0) is 53.4 Å². The van der Waals surface area contributed by atoms with Gasteiger partial charge in [-0.25, -0.2) is 0 Å². The first-order valence-electron chi connectivity index (χ1n) is 6.38. The number of nitrogens with two attached hydrogens (primary N) is 1. The highest BCUT2D eigenvalue weighted by Gasteiger charge is 2.48. The first kappa shape index (κ1) is 11.4. The van der Waals surface area contributed by atoms with Gasteiger partial charge >= 0.3 is 0 Å². The Labute approximate surface area is 94.2 Å². The van der Waals surface area contributed by atoms with E-state index in [0.717, 1.165) is 18.9 Å². The number of piperidine rings is 1. The molecule has 0 atom stereocenters. The number of hydrogen-bond donors (Lipinski definition) is 1. The topological polar surface area (TPSA) is 29.3 Å². The number of likely N-dealkylation sites (tertiary alicyclic amines) is 1. The Balaban J connectivity index is 2.22. The van der Waals surface area contributed by atoms with E-state index in [1.54, 1.807) is 0 Å². The third-order valence-electron chi connectivity index (χ3n) is 4.27. The lowest BCUT2D eigenvalue weighted by Gasteiger charge is -2.60. The predicted octanol–water partition coefficient (Wildman–Crippen LogP) is 2.52. The SMILES string of the molecule is CC1(C)CC(N)CC(C)(C)N1C1CCC1. The van der Waals surface area contributed by atoms with E-state index in [0.29, 0.717) is 6.04 Å². The molecule has 2 nitrogen and oxygen atoms in total. The molecule has 1 aliphatic heterocycles. The molecule has 0 aromatic heterocycles. The largest absolute Gasteiger partial charge is 0.328 e. The van der Waals surface area contributed by atoms with Gasteiger partial charge in [0.05, 0.1) is 0 Å². The summed E-state index contributed by atoms with van der Waals surface area (Å²) in [5, 5.41) is 0. The zero-order valence-corrected chi connectivity index (χ0v) is 10.7. The second-order valence-electron chi connectivity index (χ2n) is 6.75. The Hall–Kier alpha value is -0.0800. The Kier molecular flexibility index (Phi) is 2.63. The molecule has 0 radical (unpaired) electrons. The van der Waals surface area contributed by atoms with Gasteiger partial charge in [0.25, 0.3) is 0 Å². The molecule has 2 aliphatic rings. The molecular formula is C13H26N2. The van der Waals surface area contributed by atoms with Crippen LogP contribution in [0.5, 0.6) is 0 Å². The van der Waals surface area contributed by atoms with Crippen LogP contribution in [-0.4, -0.2) is 28.1 Å². The summed E-state index contributed by atoms with van der Waals surface area (Å²) in [6, 6.07) is 1.20. The molecule has 88 valence electrons. The van der Waals surface area contributed by atoms with Crippen LogP contribution in [0.25, 0.3) is 0 Å². The fourth-order valence-electron chi connectivity index (χ4n) is 4.00. The summed E-state index contributed by atoms with van der Waals surface area (Å²) in [5.41, 5.74) is 6.75. The maximum absolute atomic E-state index is 6.18. The summed E-state index contributed by atoms with van der Waals surface area (Å²) >= 11 is 0. The Morgan fingerprint density at radius 2 is 1.47 bits per heavy atom. The van der Waals surface area contributed by atoms with E-state index in [1.807, 2.05) is 0 Å². The zero-order valence-electron chi connectivity index (χ0n) is 10.7. The summed E-state index contributed by atoms with van der Waals surface area (Å²) in [5.74, 6) is 0. The van der Waals surface area contributed by atoms with Crippen LogP contribution < -0.4 is 5.73 Å². The van der Waals surface area contributed by atoms with Crippen molar-refractivity contribution in [2.24, 2.45) is 5.73 Å². The number of nitrogens with zero attached hydrogens (tertiary/aromatic N) is 1. The lowest BCUT2D eigenvalue weighted by atomic mass is 9.73. The average Bonchev–Trinajstić information content (AvgIpc) is 1.89. The van der Waals surface area contributed by atoms with Crippen molar-refractivity contribution >= 4 is 0 Å². The summed E-state index contributed by atoms with van der Waals surface area (Å²) in [6.07, 6.45) is 6.49. The molecule has 0 unspecified atom stereocenters. The van der Waals surface area contributed by atoms with Gasteiger partial charge in [0.1, 0.15) is 0 Å². The van der Waals surface area contributed by atoms with E-state index in [4.69, 9.17) is 5.73 Å². The van der Waals surface area contributed by atoms with Crippen molar-refractivity contribution in [2.75, 3.05) is 0 Å². The molecule has 0 amide bonds. The minimum absolute atomic E-state index is 0.284. The third kappa shape index (κ3) is 1.94. The van der Waals surface area contributed by atoms with Crippen molar-refractivity contribution in [1.29, 1.82) is 0 Å². The van der Waals surface area contributed by atoms with Crippen molar-refractivity contribution in [2.45, 2.75) is 83.0 Å². The van der Waals surface area contributed by atoms with Gasteiger partial charge in [-0.1, -0.05) is 6.42 Å². The molecule has 2 heteroatoms. The monoisotopic (exact) mass is 210 g/mol. The minimum atomic E-state index is 0.284. The smallest absolute Gasteiger partial charge is 0.0176 e. The molecule has 2 rings (SSSR count). The summed E-state index contributed by atoms with van der Waals surface area (Å²) in [4.78, 5) is 2.76. The van der Waals surface area contributed by atoms with E-state index < -0.39 is 0 Å². The number of hydrogen-bond acceptors (Lipinski definition) is 2. The highest BCUT2D eigenvalue weighted by Crippen LogP contribution is 2.43. The Morgan fingerprint density at radius 1 is 1.00 bits per heavy atom. The lowest BCUT2D eigenvalue weighted by molar-refractivity contribution is -0.0887. The maximum Gasteiger partial charge on any atom is 0.0176 e. The molecule has 1 saturated heterocycles. The third-order valence-corrected chi connectivity index (χ3v) is 4.27.